The Balaban J connectivity index is 0.000000520. The Labute approximate surface area is 197 Å². The lowest BCUT2D eigenvalue weighted by atomic mass is 9.74. The van der Waals surface area contributed by atoms with Crippen molar-refractivity contribution in [1.82, 2.24) is 4.98 Å². The Hall–Kier alpha value is -2.01. The highest BCUT2D eigenvalue weighted by molar-refractivity contribution is 5.44. The lowest BCUT2D eigenvalue weighted by molar-refractivity contribution is -0.00243. The Kier molecular flexibility index (Phi) is 12.1. The van der Waals surface area contributed by atoms with Crippen LogP contribution in [-0.2, 0) is 10.2 Å². The summed E-state index contributed by atoms with van der Waals surface area (Å²) in [7, 11) is 0. The van der Waals surface area contributed by atoms with Gasteiger partial charge in [-0.15, -0.1) is 0 Å². The average Bonchev–Trinajstić information content (AvgIpc) is 3.30. The van der Waals surface area contributed by atoms with Gasteiger partial charge < -0.3 is 20.9 Å². The number of fused-ring (bicyclic) bond motifs is 1. The molecule has 3 rings (SSSR count). The summed E-state index contributed by atoms with van der Waals surface area (Å²) < 4.78 is 11.4. The molecule has 0 fully saturated rings. The average molecular weight is 448 g/mol. The van der Waals surface area contributed by atoms with Gasteiger partial charge in [-0.3, -0.25) is 0 Å². The molecule has 2 unspecified atom stereocenters. The standard InChI is InChI=1S/C12H17NO.C11H20N2O.2C2H6/c1-8(2)12(4)7-14-11-10(12)9(3)5-6-13-11;1-7(2)11(4)10(8(3)5-12)9(13)6-14-11;2*1-2/h5-6,8H,7H2,1-4H3;5,7H,6,12-13H2,1-4H3;2*1-2H3/b;8-5-;;. The van der Waals surface area contributed by atoms with Crippen LogP contribution in [0.2, 0.25) is 0 Å². The van der Waals surface area contributed by atoms with E-state index < -0.39 is 0 Å². The van der Waals surface area contributed by atoms with Gasteiger partial charge in [-0.05, 0) is 56.0 Å². The molecule has 0 aliphatic carbocycles. The first-order chi connectivity index (χ1) is 15.0. The monoisotopic (exact) mass is 447 g/mol. The predicted molar refractivity (Wildman–Crippen MR) is 138 cm³/mol. The van der Waals surface area contributed by atoms with E-state index in [1.165, 1.54) is 11.1 Å². The predicted octanol–water partition coefficient (Wildman–Crippen LogP) is 6.26. The van der Waals surface area contributed by atoms with Gasteiger partial charge >= 0.3 is 0 Å². The van der Waals surface area contributed by atoms with Crippen molar-refractivity contribution in [1.29, 1.82) is 0 Å². The molecule has 2 atom stereocenters. The SMILES string of the molecule is C/C(=C/N)C1=C(N)COC1(C)C(C)C.CC.CC.Cc1ccnc2c1C(C)(C(C)C)CO2. The second-order valence-corrected chi connectivity index (χ2v) is 8.97. The number of nitrogens with two attached hydrogens (primary N) is 2. The third-order valence-corrected chi connectivity index (χ3v) is 6.57. The molecule has 2 aliphatic heterocycles. The van der Waals surface area contributed by atoms with Gasteiger partial charge in [-0.1, -0.05) is 62.3 Å². The Bertz CT molecular complexity index is 783. The van der Waals surface area contributed by atoms with Crippen LogP contribution in [0.1, 0.15) is 87.3 Å². The van der Waals surface area contributed by atoms with Crippen molar-refractivity contribution in [3.63, 3.8) is 0 Å². The molecule has 4 N–H and O–H groups in total. The first-order valence-electron chi connectivity index (χ1n) is 12.1. The lowest BCUT2D eigenvalue weighted by Gasteiger charge is -2.31. The zero-order chi connectivity index (χ0) is 25.3. The minimum absolute atomic E-state index is 0.133. The van der Waals surface area contributed by atoms with Crippen LogP contribution in [-0.4, -0.2) is 23.8 Å². The van der Waals surface area contributed by atoms with Crippen molar-refractivity contribution < 1.29 is 9.47 Å². The highest BCUT2D eigenvalue weighted by atomic mass is 16.5. The van der Waals surface area contributed by atoms with Gasteiger partial charge in [0.2, 0.25) is 5.88 Å². The Morgan fingerprint density at radius 3 is 2.12 bits per heavy atom. The van der Waals surface area contributed by atoms with E-state index in [-0.39, 0.29) is 11.0 Å². The van der Waals surface area contributed by atoms with Gasteiger partial charge in [0.25, 0.3) is 0 Å². The fourth-order valence-electron chi connectivity index (χ4n) is 3.96. The zero-order valence-electron chi connectivity index (χ0n) is 22.7. The summed E-state index contributed by atoms with van der Waals surface area (Å²) in [6.07, 6.45) is 3.41. The number of aryl methyl sites for hydroxylation is 1. The molecule has 32 heavy (non-hydrogen) atoms. The van der Waals surface area contributed by atoms with E-state index in [0.29, 0.717) is 18.4 Å². The van der Waals surface area contributed by atoms with E-state index in [9.17, 15) is 0 Å². The van der Waals surface area contributed by atoms with E-state index in [2.05, 4.69) is 59.5 Å². The van der Waals surface area contributed by atoms with Crippen LogP contribution in [0, 0.1) is 18.8 Å². The fourth-order valence-corrected chi connectivity index (χ4v) is 3.96. The van der Waals surface area contributed by atoms with Gasteiger partial charge in [0.1, 0.15) is 0 Å². The molecule has 0 spiro atoms. The molecule has 184 valence electrons. The van der Waals surface area contributed by atoms with Crippen molar-refractivity contribution in [2.24, 2.45) is 23.3 Å². The lowest BCUT2D eigenvalue weighted by Crippen LogP contribution is -2.34. The highest BCUT2D eigenvalue weighted by Gasteiger charge is 2.41. The summed E-state index contributed by atoms with van der Waals surface area (Å²) in [4.78, 5) is 4.28. The maximum absolute atomic E-state index is 5.93. The number of hydrogen-bond acceptors (Lipinski definition) is 5. The number of pyridine rings is 1. The minimum atomic E-state index is -0.288. The smallest absolute Gasteiger partial charge is 0.217 e. The normalized spacial score (nSPS) is 24.0. The molecule has 0 saturated carbocycles. The van der Waals surface area contributed by atoms with E-state index in [0.717, 1.165) is 29.3 Å². The van der Waals surface area contributed by atoms with Crippen LogP contribution in [0.3, 0.4) is 0 Å². The quantitative estimate of drug-likeness (QED) is 0.572. The molecule has 5 nitrogen and oxygen atoms in total. The molecule has 0 amide bonds. The molecular weight excluding hydrogens is 398 g/mol. The third-order valence-electron chi connectivity index (χ3n) is 6.57. The fraction of sp³-hybridized carbons (Fsp3) is 0.667. The minimum Gasteiger partial charge on any atom is -0.476 e. The topological polar surface area (TPSA) is 83.4 Å². The molecule has 1 aromatic rings. The number of ether oxygens (including phenoxy) is 2. The van der Waals surface area contributed by atoms with Gasteiger partial charge in [0, 0.05) is 28.4 Å². The van der Waals surface area contributed by atoms with Crippen molar-refractivity contribution in [3.8, 4) is 5.88 Å². The molecule has 2 aliphatic rings. The highest BCUT2D eigenvalue weighted by Crippen LogP contribution is 2.43. The molecular formula is C27H49N3O2. The summed E-state index contributed by atoms with van der Waals surface area (Å²) in [6.45, 7) is 26.4. The largest absolute Gasteiger partial charge is 0.476 e. The van der Waals surface area contributed by atoms with Crippen molar-refractivity contribution in [3.05, 3.63) is 46.4 Å². The maximum Gasteiger partial charge on any atom is 0.217 e. The molecule has 0 bridgehead atoms. The molecule has 1 aromatic heterocycles. The summed E-state index contributed by atoms with van der Waals surface area (Å²) in [5.41, 5.74) is 16.8. The van der Waals surface area contributed by atoms with E-state index in [1.54, 1.807) is 6.20 Å². The number of aromatic nitrogens is 1. The Morgan fingerprint density at radius 2 is 1.66 bits per heavy atom. The van der Waals surface area contributed by atoms with Crippen molar-refractivity contribution >= 4 is 0 Å². The van der Waals surface area contributed by atoms with Crippen LogP contribution in [0.4, 0.5) is 0 Å². The molecule has 0 radical (unpaired) electrons. The van der Waals surface area contributed by atoms with Gasteiger partial charge in [0.15, 0.2) is 0 Å². The summed E-state index contributed by atoms with van der Waals surface area (Å²) >= 11 is 0. The summed E-state index contributed by atoms with van der Waals surface area (Å²) in [5, 5.41) is 0. The van der Waals surface area contributed by atoms with Crippen molar-refractivity contribution in [2.75, 3.05) is 13.2 Å². The zero-order valence-corrected chi connectivity index (χ0v) is 22.7. The third kappa shape index (κ3) is 6.06. The van der Waals surface area contributed by atoms with Crippen LogP contribution >= 0.6 is 0 Å². The van der Waals surface area contributed by atoms with Crippen molar-refractivity contribution in [2.45, 2.75) is 94.1 Å². The first kappa shape index (κ1) is 30.0. The number of hydrogen-bond donors (Lipinski definition) is 2. The number of rotatable bonds is 3. The van der Waals surface area contributed by atoms with Crippen LogP contribution in [0.25, 0.3) is 0 Å². The summed E-state index contributed by atoms with van der Waals surface area (Å²) in [5.74, 6) is 1.79. The van der Waals surface area contributed by atoms with E-state index in [4.69, 9.17) is 20.9 Å². The molecule has 0 saturated heterocycles. The van der Waals surface area contributed by atoms with Gasteiger partial charge in [-0.25, -0.2) is 4.98 Å². The first-order valence-corrected chi connectivity index (χ1v) is 12.1. The Morgan fingerprint density at radius 1 is 1.09 bits per heavy atom. The molecule has 0 aromatic carbocycles. The summed E-state index contributed by atoms with van der Waals surface area (Å²) in [6, 6.07) is 2.06. The van der Waals surface area contributed by atoms with Gasteiger partial charge in [0.05, 0.1) is 18.8 Å². The number of nitrogens with zero attached hydrogens (tertiary/aromatic N) is 1. The van der Waals surface area contributed by atoms with Crippen LogP contribution in [0.15, 0.2) is 35.3 Å². The molecule has 3 heterocycles. The van der Waals surface area contributed by atoms with E-state index in [1.807, 2.05) is 40.8 Å². The van der Waals surface area contributed by atoms with Crippen LogP contribution < -0.4 is 16.2 Å². The second-order valence-electron chi connectivity index (χ2n) is 8.97. The van der Waals surface area contributed by atoms with Gasteiger partial charge in [-0.2, -0.15) is 0 Å². The van der Waals surface area contributed by atoms with Crippen LogP contribution in [0.5, 0.6) is 5.88 Å². The van der Waals surface area contributed by atoms with E-state index >= 15 is 0 Å². The second kappa shape index (κ2) is 12.9. The maximum atomic E-state index is 5.93. The molecule has 5 heteroatoms.